The molecule has 0 amide bonds. The summed E-state index contributed by atoms with van der Waals surface area (Å²) >= 11 is 0. The van der Waals surface area contributed by atoms with Crippen molar-refractivity contribution in [2.24, 2.45) is 0 Å². The van der Waals surface area contributed by atoms with Crippen LogP contribution in [0.1, 0.15) is 16.7 Å². The van der Waals surface area contributed by atoms with Crippen LogP contribution >= 0.6 is 0 Å². The van der Waals surface area contributed by atoms with Crippen molar-refractivity contribution in [3.63, 3.8) is 0 Å². The second kappa shape index (κ2) is 2.94. The fourth-order valence-corrected chi connectivity index (χ4v) is 0.910. The van der Waals surface area contributed by atoms with Gasteiger partial charge in [-0.15, -0.1) is 0 Å². The maximum atomic E-state index is 8.62. The lowest BCUT2D eigenvalue weighted by molar-refractivity contribution is 1.38. The van der Waals surface area contributed by atoms with Crippen LogP contribution in [0.2, 0.25) is 0 Å². The van der Waals surface area contributed by atoms with E-state index in [4.69, 9.17) is 16.3 Å². The smallest absolute Gasteiger partial charge is 0.101 e. The van der Waals surface area contributed by atoms with Gasteiger partial charge in [-0.2, -0.15) is 10.5 Å². The van der Waals surface area contributed by atoms with Crippen molar-refractivity contribution in [1.82, 2.24) is 0 Å². The Morgan fingerprint density at radius 1 is 1.17 bits per heavy atom. The molecule has 12 heavy (non-hydrogen) atoms. The maximum Gasteiger partial charge on any atom is 0.101 e. The molecular formula is C9H7N3. The number of nitrogen functional groups attached to an aromatic ring is 1. The van der Waals surface area contributed by atoms with Gasteiger partial charge in [0.25, 0.3) is 0 Å². The summed E-state index contributed by atoms with van der Waals surface area (Å²) in [6.45, 7) is 1.80. The van der Waals surface area contributed by atoms with Gasteiger partial charge in [0.05, 0.1) is 11.1 Å². The van der Waals surface area contributed by atoms with Crippen molar-refractivity contribution < 1.29 is 0 Å². The van der Waals surface area contributed by atoms with Gasteiger partial charge in [-0.05, 0) is 24.6 Å². The van der Waals surface area contributed by atoms with E-state index in [1.807, 2.05) is 12.1 Å². The lowest BCUT2D eigenvalue weighted by atomic mass is 10.0. The number of hydrogen-bond acceptors (Lipinski definition) is 3. The largest absolute Gasteiger partial charge is 0.398 e. The van der Waals surface area contributed by atoms with E-state index in [2.05, 4.69) is 0 Å². The van der Waals surface area contributed by atoms with Crippen LogP contribution in [0.3, 0.4) is 0 Å². The molecule has 0 heterocycles. The highest BCUT2D eigenvalue weighted by molar-refractivity contribution is 5.58. The molecule has 2 N–H and O–H groups in total. The van der Waals surface area contributed by atoms with E-state index in [0.29, 0.717) is 16.8 Å². The molecule has 0 unspecified atom stereocenters. The predicted molar refractivity (Wildman–Crippen MR) is 45.0 cm³/mol. The summed E-state index contributed by atoms with van der Waals surface area (Å²) in [6, 6.07) is 6.99. The minimum atomic E-state index is 0.334. The number of anilines is 1. The summed E-state index contributed by atoms with van der Waals surface area (Å²) in [4.78, 5) is 0. The first-order valence-electron chi connectivity index (χ1n) is 3.39. The Bertz CT molecular complexity index is 354. The van der Waals surface area contributed by atoms with E-state index in [0.717, 1.165) is 5.56 Å². The number of benzene rings is 1. The Morgan fingerprint density at radius 3 is 2.17 bits per heavy atom. The SMILES string of the molecule is Cc1cc(C#N)c(C#N)cc1N. The van der Waals surface area contributed by atoms with Crippen LogP contribution in [0.5, 0.6) is 0 Å². The zero-order chi connectivity index (χ0) is 9.14. The molecule has 1 rings (SSSR count). The first-order valence-corrected chi connectivity index (χ1v) is 3.39. The van der Waals surface area contributed by atoms with Crippen LogP contribution in [-0.4, -0.2) is 0 Å². The summed E-state index contributed by atoms with van der Waals surface area (Å²) in [5.41, 5.74) is 7.64. The molecule has 0 saturated carbocycles. The molecule has 1 aromatic rings. The van der Waals surface area contributed by atoms with E-state index in [9.17, 15) is 0 Å². The molecule has 0 aliphatic heterocycles. The summed E-state index contributed by atoms with van der Waals surface area (Å²) < 4.78 is 0. The number of nitrogens with two attached hydrogens (primary N) is 1. The lowest BCUT2D eigenvalue weighted by Gasteiger charge is -2.00. The Labute approximate surface area is 70.7 Å². The number of nitriles is 2. The molecular weight excluding hydrogens is 150 g/mol. The number of nitrogens with zero attached hydrogens (tertiary/aromatic N) is 2. The van der Waals surface area contributed by atoms with Crippen molar-refractivity contribution in [3.05, 3.63) is 28.8 Å². The Kier molecular flexibility index (Phi) is 1.98. The molecule has 0 aromatic heterocycles. The quantitative estimate of drug-likeness (QED) is 0.577. The van der Waals surface area contributed by atoms with Gasteiger partial charge in [0, 0.05) is 5.69 Å². The zero-order valence-corrected chi connectivity index (χ0v) is 6.63. The lowest BCUT2D eigenvalue weighted by Crippen LogP contribution is -1.93. The number of rotatable bonds is 0. The normalized spacial score (nSPS) is 8.58. The molecule has 0 fully saturated rings. The molecule has 3 nitrogen and oxygen atoms in total. The number of aryl methyl sites for hydroxylation is 1. The van der Waals surface area contributed by atoms with Gasteiger partial charge in [0.2, 0.25) is 0 Å². The monoisotopic (exact) mass is 157 g/mol. The average Bonchev–Trinajstić information content (AvgIpc) is 2.09. The average molecular weight is 157 g/mol. The molecule has 0 atom stereocenters. The highest BCUT2D eigenvalue weighted by atomic mass is 14.6. The highest BCUT2D eigenvalue weighted by Crippen LogP contribution is 2.16. The van der Waals surface area contributed by atoms with Crippen molar-refractivity contribution in [3.8, 4) is 12.1 Å². The van der Waals surface area contributed by atoms with Gasteiger partial charge in [-0.3, -0.25) is 0 Å². The molecule has 0 spiro atoms. The standard InChI is InChI=1S/C9H7N3/c1-6-2-7(4-10)8(5-11)3-9(6)12/h2-3H,12H2,1H3. The minimum absolute atomic E-state index is 0.334. The minimum Gasteiger partial charge on any atom is -0.398 e. The predicted octanol–water partition coefficient (Wildman–Crippen LogP) is 1.32. The summed E-state index contributed by atoms with van der Waals surface area (Å²) in [6.07, 6.45) is 0. The van der Waals surface area contributed by atoms with Crippen LogP contribution in [-0.2, 0) is 0 Å². The summed E-state index contributed by atoms with van der Waals surface area (Å²) in [5, 5.41) is 17.2. The van der Waals surface area contributed by atoms with Crippen molar-refractivity contribution in [2.75, 3.05) is 5.73 Å². The topological polar surface area (TPSA) is 73.6 Å². The van der Waals surface area contributed by atoms with E-state index < -0.39 is 0 Å². The molecule has 0 bridgehead atoms. The first kappa shape index (κ1) is 8.10. The third kappa shape index (κ3) is 1.21. The van der Waals surface area contributed by atoms with Gasteiger partial charge in [-0.25, -0.2) is 0 Å². The molecule has 0 aliphatic rings. The van der Waals surface area contributed by atoms with Gasteiger partial charge in [0.15, 0.2) is 0 Å². The zero-order valence-electron chi connectivity index (χ0n) is 6.63. The molecule has 58 valence electrons. The van der Waals surface area contributed by atoms with E-state index in [-0.39, 0.29) is 0 Å². The van der Waals surface area contributed by atoms with E-state index >= 15 is 0 Å². The van der Waals surface area contributed by atoms with Gasteiger partial charge < -0.3 is 5.73 Å². The number of hydrogen-bond donors (Lipinski definition) is 1. The van der Waals surface area contributed by atoms with Gasteiger partial charge in [0.1, 0.15) is 12.1 Å². The Morgan fingerprint density at radius 2 is 1.67 bits per heavy atom. The van der Waals surface area contributed by atoms with E-state index in [1.54, 1.807) is 13.0 Å². The molecule has 3 heteroatoms. The second-order valence-corrected chi connectivity index (χ2v) is 2.48. The van der Waals surface area contributed by atoms with Crippen LogP contribution in [0.4, 0.5) is 5.69 Å². The van der Waals surface area contributed by atoms with Crippen molar-refractivity contribution in [2.45, 2.75) is 6.92 Å². The Balaban J connectivity index is 3.44. The third-order valence-corrected chi connectivity index (χ3v) is 1.65. The van der Waals surface area contributed by atoms with Gasteiger partial charge >= 0.3 is 0 Å². The molecule has 0 saturated heterocycles. The molecule has 1 aromatic carbocycles. The van der Waals surface area contributed by atoms with Crippen molar-refractivity contribution in [1.29, 1.82) is 10.5 Å². The van der Waals surface area contributed by atoms with Gasteiger partial charge in [-0.1, -0.05) is 0 Å². The third-order valence-electron chi connectivity index (χ3n) is 1.65. The fourth-order valence-electron chi connectivity index (χ4n) is 0.910. The Hall–Kier alpha value is -2.00. The molecule has 0 radical (unpaired) electrons. The van der Waals surface area contributed by atoms with Crippen LogP contribution in [0.25, 0.3) is 0 Å². The summed E-state index contributed by atoms with van der Waals surface area (Å²) in [5.74, 6) is 0. The van der Waals surface area contributed by atoms with Crippen molar-refractivity contribution >= 4 is 5.69 Å². The summed E-state index contributed by atoms with van der Waals surface area (Å²) in [7, 11) is 0. The van der Waals surface area contributed by atoms with Crippen LogP contribution in [0, 0.1) is 29.6 Å². The first-order chi connectivity index (χ1) is 5.69. The second-order valence-electron chi connectivity index (χ2n) is 2.48. The van der Waals surface area contributed by atoms with E-state index in [1.165, 1.54) is 6.07 Å². The van der Waals surface area contributed by atoms with Crippen LogP contribution in [0.15, 0.2) is 12.1 Å². The molecule has 0 aliphatic carbocycles. The fraction of sp³-hybridized carbons (Fsp3) is 0.111. The highest BCUT2D eigenvalue weighted by Gasteiger charge is 2.03. The maximum absolute atomic E-state index is 8.62. The van der Waals surface area contributed by atoms with Crippen LogP contribution < -0.4 is 5.73 Å².